The Balaban J connectivity index is 0.00000280. The average molecular weight is 502 g/mol. The van der Waals surface area contributed by atoms with Gasteiger partial charge in [0.1, 0.15) is 11.4 Å². The quantitative estimate of drug-likeness (QED) is 0.377. The molecule has 2 heterocycles. The first-order chi connectivity index (χ1) is 12.8. The Labute approximate surface area is 186 Å². The molecule has 0 radical (unpaired) electrons. The molecule has 0 amide bonds. The predicted octanol–water partition coefficient (Wildman–Crippen LogP) is 3.18. The van der Waals surface area contributed by atoms with E-state index < -0.39 is 0 Å². The summed E-state index contributed by atoms with van der Waals surface area (Å²) in [7, 11) is 1.82. The lowest BCUT2D eigenvalue weighted by Crippen LogP contribution is -2.55. The second kappa shape index (κ2) is 9.63. The molecule has 3 rings (SSSR count). The van der Waals surface area contributed by atoms with Gasteiger partial charge in [0.25, 0.3) is 0 Å². The highest BCUT2D eigenvalue weighted by molar-refractivity contribution is 14.0. The zero-order valence-corrected chi connectivity index (χ0v) is 20.1. The van der Waals surface area contributed by atoms with Crippen LogP contribution in [0.3, 0.4) is 0 Å². The van der Waals surface area contributed by atoms with Crippen LogP contribution < -0.4 is 15.4 Å². The molecule has 1 aromatic carbocycles. The Morgan fingerprint density at radius 1 is 1.25 bits per heavy atom. The van der Waals surface area contributed by atoms with Crippen LogP contribution in [-0.4, -0.2) is 61.9 Å². The molecule has 1 fully saturated rings. The van der Waals surface area contributed by atoms with Crippen molar-refractivity contribution in [2.75, 3.05) is 39.9 Å². The number of guanidine groups is 1. The minimum absolute atomic E-state index is 0. The number of hydrogen-bond donors (Lipinski definition) is 2. The zero-order valence-electron chi connectivity index (χ0n) is 17.7. The molecule has 1 unspecified atom stereocenters. The van der Waals surface area contributed by atoms with Gasteiger partial charge < -0.3 is 20.1 Å². The topological polar surface area (TPSA) is 58.1 Å². The van der Waals surface area contributed by atoms with Crippen molar-refractivity contribution in [3.63, 3.8) is 0 Å². The van der Waals surface area contributed by atoms with Crippen molar-refractivity contribution in [3.05, 3.63) is 29.8 Å². The zero-order chi connectivity index (χ0) is 19.5. The van der Waals surface area contributed by atoms with E-state index in [-0.39, 0.29) is 41.2 Å². The fourth-order valence-corrected chi connectivity index (χ4v) is 3.91. The van der Waals surface area contributed by atoms with Crippen molar-refractivity contribution in [1.82, 2.24) is 15.5 Å². The first kappa shape index (κ1) is 23.2. The van der Waals surface area contributed by atoms with Gasteiger partial charge in [0, 0.05) is 44.2 Å². The number of rotatable bonds is 4. The number of halogens is 1. The second-order valence-corrected chi connectivity index (χ2v) is 8.65. The summed E-state index contributed by atoms with van der Waals surface area (Å²) in [6.45, 7) is 13.1. The number of aliphatic imine (C=N–C) groups is 1. The van der Waals surface area contributed by atoms with E-state index in [0.717, 1.165) is 51.0 Å². The number of hydrogen-bond acceptors (Lipinski definition) is 4. The van der Waals surface area contributed by atoms with Crippen molar-refractivity contribution in [2.24, 2.45) is 4.99 Å². The van der Waals surface area contributed by atoms with Gasteiger partial charge in [-0.25, -0.2) is 0 Å². The second-order valence-electron chi connectivity index (χ2n) is 8.65. The number of benzene rings is 1. The SMILES string of the molecule is CN=C(NCCN1CCOCC1(C)C)NC1CC(C)(C)Oc2ccccc21.I. The molecule has 1 aromatic rings. The lowest BCUT2D eigenvalue weighted by Gasteiger charge is -2.42. The van der Waals surface area contributed by atoms with E-state index in [1.165, 1.54) is 5.56 Å². The maximum atomic E-state index is 6.13. The van der Waals surface area contributed by atoms with Gasteiger partial charge in [-0.1, -0.05) is 18.2 Å². The van der Waals surface area contributed by atoms with Crippen LogP contribution in [0.15, 0.2) is 29.3 Å². The largest absolute Gasteiger partial charge is 0.487 e. The molecule has 0 bridgehead atoms. The number of nitrogens with zero attached hydrogens (tertiary/aromatic N) is 2. The number of nitrogens with one attached hydrogen (secondary N) is 2. The van der Waals surface area contributed by atoms with Crippen molar-refractivity contribution in [2.45, 2.75) is 51.3 Å². The number of fused-ring (bicyclic) bond motifs is 1. The Morgan fingerprint density at radius 3 is 2.71 bits per heavy atom. The summed E-state index contributed by atoms with van der Waals surface area (Å²) in [5.41, 5.74) is 1.07. The number of para-hydroxylation sites is 1. The van der Waals surface area contributed by atoms with Gasteiger partial charge in [0.15, 0.2) is 5.96 Å². The minimum atomic E-state index is -0.206. The standard InChI is InChI=1S/C21H34N4O2.HI/c1-20(2)15-26-13-12-25(20)11-10-23-19(22-5)24-17-14-21(3,4)27-18-9-7-6-8-16(17)18;/h6-9,17H,10-15H2,1-5H3,(H2,22,23,24);1H. The molecular formula is C21H35IN4O2. The summed E-state index contributed by atoms with van der Waals surface area (Å²) in [5, 5.41) is 7.07. The molecule has 28 heavy (non-hydrogen) atoms. The molecular weight excluding hydrogens is 467 g/mol. The minimum Gasteiger partial charge on any atom is -0.487 e. The number of ether oxygens (including phenoxy) is 2. The van der Waals surface area contributed by atoms with Gasteiger partial charge in [-0.15, -0.1) is 24.0 Å². The highest BCUT2D eigenvalue weighted by atomic mass is 127. The Bertz CT molecular complexity index is 678. The molecule has 6 nitrogen and oxygen atoms in total. The smallest absolute Gasteiger partial charge is 0.191 e. The summed E-state index contributed by atoms with van der Waals surface area (Å²) >= 11 is 0. The normalized spacial score (nSPS) is 23.8. The van der Waals surface area contributed by atoms with Crippen molar-refractivity contribution in [1.29, 1.82) is 0 Å². The van der Waals surface area contributed by atoms with Crippen LogP contribution >= 0.6 is 24.0 Å². The van der Waals surface area contributed by atoms with E-state index in [1.807, 2.05) is 19.2 Å². The van der Waals surface area contributed by atoms with E-state index in [0.29, 0.717) is 0 Å². The summed E-state index contributed by atoms with van der Waals surface area (Å²) in [6.07, 6.45) is 0.890. The van der Waals surface area contributed by atoms with Gasteiger partial charge in [-0.3, -0.25) is 9.89 Å². The molecule has 158 valence electrons. The molecule has 1 saturated heterocycles. The molecule has 7 heteroatoms. The van der Waals surface area contributed by atoms with Crippen LogP contribution in [0.2, 0.25) is 0 Å². The molecule has 0 spiro atoms. The summed E-state index contributed by atoms with van der Waals surface area (Å²) in [5.74, 6) is 1.79. The maximum Gasteiger partial charge on any atom is 0.191 e. The molecule has 1 atom stereocenters. The molecule has 2 aliphatic rings. The van der Waals surface area contributed by atoms with Crippen LogP contribution in [-0.2, 0) is 4.74 Å². The third-order valence-electron chi connectivity index (χ3n) is 5.40. The van der Waals surface area contributed by atoms with Crippen LogP contribution in [0.1, 0.15) is 45.7 Å². The van der Waals surface area contributed by atoms with E-state index in [9.17, 15) is 0 Å². The van der Waals surface area contributed by atoms with Crippen molar-refractivity contribution in [3.8, 4) is 5.75 Å². The van der Waals surface area contributed by atoms with Crippen LogP contribution in [0.25, 0.3) is 0 Å². The summed E-state index contributed by atoms with van der Waals surface area (Å²) < 4.78 is 11.7. The van der Waals surface area contributed by atoms with Gasteiger partial charge in [-0.05, 0) is 33.8 Å². The van der Waals surface area contributed by atoms with Crippen molar-refractivity contribution < 1.29 is 9.47 Å². The van der Waals surface area contributed by atoms with Crippen LogP contribution in [0.4, 0.5) is 0 Å². The Hall–Kier alpha value is -1.06. The van der Waals surface area contributed by atoms with E-state index >= 15 is 0 Å². The van der Waals surface area contributed by atoms with Gasteiger partial charge >= 0.3 is 0 Å². The van der Waals surface area contributed by atoms with E-state index in [2.05, 4.69) is 60.4 Å². The fraction of sp³-hybridized carbons (Fsp3) is 0.667. The van der Waals surface area contributed by atoms with Crippen LogP contribution in [0, 0.1) is 0 Å². The highest BCUT2D eigenvalue weighted by Crippen LogP contribution is 2.39. The lowest BCUT2D eigenvalue weighted by molar-refractivity contribution is -0.0496. The average Bonchev–Trinajstić information content (AvgIpc) is 2.61. The Morgan fingerprint density at radius 2 is 2.00 bits per heavy atom. The van der Waals surface area contributed by atoms with Gasteiger partial charge in [0.2, 0.25) is 0 Å². The Kier molecular flexibility index (Phi) is 7.98. The predicted molar refractivity (Wildman–Crippen MR) is 125 cm³/mol. The summed E-state index contributed by atoms with van der Waals surface area (Å²) in [4.78, 5) is 6.91. The monoisotopic (exact) mass is 502 g/mol. The first-order valence-corrected chi connectivity index (χ1v) is 9.89. The number of morpholine rings is 1. The lowest BCUT2D eigenvalue weighted by atomic mass is 9.90. The highest BCUT2D eigenvalue weighted by Gasteiger charge is 2.34. The van der Waals surface area contributed by atoms with Crippen molar-refractivity contribution >= 4 is 29.9 Å². The molecule has 2 N–H and O–H groups in total. The molecule has 0 saturated carbocycles. The van der Waals surface area contributed by atoms with E-state index in [1.54, 1.807) is 0 Å². The molecule has 0 aromatic heterocycles. The third kappa shape index (κ3) is 5.73. The molecule has 0 aliphatic carbocycles. The first-order valence-electron chi connectivity index (χ1n) is 9.89. The third-order valence-corrected chi connectivity index (χ3v) is 5.40. The summed E-state index contributed by atoms with van der Waals surface area (Å²) in [6, 6.07) is 8.43. The van der Waals surface area contributed by atoms with Crippen LogP contribution in [0.5, 0.6) is 5.75 Å². The van der Waals surface area contributed by atoms with Gasteiger partial charge in [0.05, 0.1) is 19.3 Å². The van der Waals surface area contributed by atoms with E-state index in [4.69, 9.17) is 9.47 Å². The molecule has 2 aliphatic heterocycles. The van der Waals surface area contributed by atoms with Gasteiger partial charge in [-0.2, -0.15) is 0 Å². The maximum absolute atomic E-state index is 6.13. The fourth-order valence-electron chi connectivity index (χ4n) is 3.91.